The first kappa shape index (κ1) is 9.17. The van der Waals surface area contributed by atoms with Gasteiger partial charge in [0.25, 0.3) is 0 Å². The van der Waals surface area contributed by atoms with Crippen molar-refractivity contribution in [2.24, 2.45) is 5.41 Å². The van der Waals surface area contributed by atoms with E-state index in [9.17, 15) is 0 Å². The van der Waals surface area contributed by atoms with Crippen molar-refractivity contribution in [3.63, 3.8) is 0 Å². The number of fused-ring (bicyclic) bond motifs is 2. The van der Waals surface area contributed by atoms with Gasteiger partial charge in [-0.2, -0.15) is 0 Å². The van der Waals surface area contributed by atoms with Crippen LogP contribution in [0.1, 0.15) is 46.0 Å². The van der Waals surface area contributed by atoms with Crippen molar-refractivity contribution >= 4 is 0 Å². The van der Waals surface area contributed by atoms with Gasteiger partial charge in [-0.05, 0) is 44.4 Å². The second-order valence-corrected chi connectivity index (χ2v) is 5.76. The van der Waals surface area contributed by atoms with Crippen molar-refractivity contribution in [1.29, 1.82) is 0 Å². The van der Waals surface area contributed by atoms with Crippen molar-refractivity contribution in [2.45, 2.75) is 70.2 Å². The largest absolute Gasteiger partial charge is 0.373 e. The molecule has 2 saturated heterocycles. The fourth-order valence-electron chi connectivity index (χ4n) is 2.97. The molecule has 0 aromatic heterocycles. The van der Waals surface area contributed by atoms with E-state index in [4.69, 9.17) is 4.74 Å². The van der Waals surface area contributed by atoms with Crippen molar-refractivity contribution in [3.8, 4) is 0 Å². The smallest absolute Gasteiger partial charge is 0.0733 e. The maximum Gasteiger partial charge on any atom is 0.0733 e. The van der Waals surface area contributed by atoms with E-state index < -0.39 is 0 Å². The molecule has 2 heteroatoms. The Morgan fingerprint density at radius 1 is 1.36 bits per heavy atom. The molecule has 4 atom stereocenters. The molecule has 0 aromatic carbocycles. The Morgan fingerprint density at radius 3 is 2.64 bits per heavy atom. The van der Waals surface area contributed by atoms with E-state index in [0.29, 0.717) is 29.7 Å². The van der Waals surface area contributed by atoms with Crippen LogP contribution in [-0.2, 0) is 4.74 Å². The van der Waals surface area contributed by atoms with Gasteiger partial charge in [0.2, 0.25) is 0 Å². The molecular formula is C12H21NO. The van der Waals surface area contributed by atoms with Crippen LogP contribution in [0.5, 0.6) is 0 Å². The highest BCUT2D eigenvalue weighted by atomic mass is 16.5. The van der Waals surface area contributed by atoms with Gasteiger partial charge in [-0.15, -0.1) is 0 Å². The zero-order valence-corrected chi connectivity index (χ0v) is 9.25. The Hall–Kier alpha value is -0.0800. The maximum absolute atomic E-state index is 5.86. The molecular weight excluding hydrogens is 174 g/mol. The summed E-state index contributed by atoms with van der Waals surface area (Å²) in [4.78, 5) is 0. The zero-order valence-electron chi connectivity index (χ0n) is 9.25. The Bertz CT molecular complexity index is 236. The van der Waals surface area contributed by atoms with Crippen LogP contribution >= 0.6 is 0 Å². The third-order valence-corrected chi connectivity index (χ3v) is 4.65. The zero-order chi connectivity index (χ0) is 9.76. The minimum atomic E-state index is 0.532. The summed E-state index contributed by atoms with van der Waals surface area (Å²) in [6, 6.07) is 1.33. The number of rotatable bonds is 3. The molecule has 1 N–H and O–H groups in total. The normalized spacial score (nSPS) is 45.4. The fourth-order valence-corrected chi connectivity index (χ4v) is 2.97. The van der Waals surface area contributed by atoms with E-state index in [0.717, 1.165) is 0 Å². The molecule has 2 bridgehead atoms. The van der Waals surface area contributed by atoms with Gasteiger partial charge in [0.05, 0.1) is 12.2 Å². The molecule has 2 aliphatic heterocycles. The second-order valence-electron chi connectivity index (χ2n) is 5.76. The lowest BCUT2D eigenvalue weighted by molar-refractivity contribution is 0.0949. The minimum absolute atomic E-state index is 0.532. The van der Waals surface area contributed by atoms with E-state index in [1.807, 2.05) is 0 Å². The summed E-state index contributed by atoms with van der Waals surface area (Å²) in [6.07, 6.45) is 7.76. The van der Waals surface area contributed by atoms with Crippen molar-refractivity contribution in [1.82, 2.24) is 5.32 Å². The summed E-state index contributed by atoms with van der Waals surface area (Å²) in [6.45, 7) is 4.75. The molecule has 0 spiro atoms. The third-order valence-electron chi connectivity index (χ3n) is 4.65. The molecule has 3 rings (SSSR count). The number of ether oxygens (including phenoxy) is 1. The summed E-state index contributed by atoms with van der Waals surface area (Å²) in [7, 11) is 0. The quantitative estimate of drug-likeness (QED) is 0.744. The van der Waals surface area contributed by atoms with Crippen LogP contribution in [0.3, 0.4) is 0 Å². The summed E-state index contributed by atoms with van der Waals surface area (Å²) in [5.74, 6) is 0. The lowest BCUT2D eigenvalue weighted by Gasteiger charge is -2.28. The fraction of sp³-hybridized carbons (Fsp3) is 1.00. The van der Waals surface area contributed by atoms with Gasteiger partial charge in [0.15, 0.2) is 0 Å². The number of hydrogen-bond acceptors (Lipinski definition) is 2. The summed E-state index contributed by atoms with van der Waals surface area (Å²) in [5.41, 5.74) is 0.599. The van der Waals surface area contributed by atoms with Gasteiger partial charge in [-0.3, -0.25) is 0 Å². The first-order valence-corrected chi connectivity index (χ1v) is 6.09. The van der Waals surface area contributed by atoms with Crippen molar-refractivity contribution < 1.29 is 4.74 Å². The Kier molecular flexibility index (Phi) is 1.94. The van der Waals surface area contributed by atoms with E-state index >= 15 is 0 Å². The van der Waals surface area contributed by atoms with E-state index in [2.05, 4.69) is 19.2 Å². The molecule has 0 aromatic rings. The van der Waals surface area contributed by atoms with Crippen molar-refractivity contribution in [2.75, 3.05) is 0 Å². The van der Waals surface area contributed by atoms with Crippen LogP contribution in [0, 0.1) is 5.41 Å². The van der Waals surface area contributed by atoms with Gasteiger partial charge in [-0.25, -0.2) is 0 Å². The average molecular weight is 195 g/mol. The molecule has 1 saturated carbocycles. The molecule has 1 aliphatic carbocycles. The first-order valence-electron chi connectivity index (χ1n) is 6.09. The van der Waals surface area contributed by atoms with Crippen LogP contribution in [0.4, 0.5) is 0 Å². The topological polar surface area (TPSA) is 21.3 Å². The number of nitrogens with one attached hydrogen (secondary N) is 1. The molecule has 3 aliphatic rings. The van der Waals surface area contributed by atoms with Gasteiger partial charge >= 0.3 is 0 Å². The predicted molar refractivity (Wildman–Crippen MR) is 56.2 cm³/mol. The first-order chi connectivity index (χ1) is 6.67. The maximum atomic E-state index is 5.86. The molecule has 3 fully saturated rings. The molecule has 0 radical (unpaired) electrons. The highest BCUT2D eigenvalue weighted by Gasteiger charge is 2.46. The van der Waals surface area contributed by atoms with E-state index in [1.54, 1.807) is 0 Å². The second kappa shape index (κ2) is 2.96. The monoisotopic (exact) mass is 195 g/mol. The average Bonchev–Trinajstić information content (AvgIpc) is 2.63. The highest BCUT2D eigenvalue weighted by molar-refractivity contribution is 5.01. The molecule has 2 nitrogen and oxygen atoms in total. The van der Waals surface area contributed by atoms with Gasteiger partial charge in [0, 0.05) is 12.1 Å². The predicted octanol–water partition coefficient (Wildman–Crippen LogP) is 2.08. The van der Waals surface area contributed by atoms with Crippen LogP contribution in [0.25, 0.3) is 0 Å². The van der Waals surface area contributed by atoms with Crippen LogP contribution in [0.15, 0.2) is 0 Å². The van der Waals surface area contributed by atoms with Crippen molar-refractivity contribution in [3.05, 3.63) is 0 Å². The lowest BCUT2D eigenvalue weighted by atomic mass is 9.92. The lowest BCUT2D eigenvalue weighted by Crippen LogP contribution is -2.45. The summed E-state index contributed by atoms with van der Waals surface area (Å²) < 4.78 is 5.86. The van der Waals surface area contributed by atoms with Crippen LogP contribution in [-0.4, -0.2) is 24.3 Å². The summed E-state index contributed by atoms with van der Waals surface area (Å²) >= 11 is 0. The molecule has 14 heavy (non-hydrogen) atoms. The molecule has 2 heterocycles. The highest BCUT2D eigenvalue weighted by Crippen LogP contribution is 2.48. The van der Waals surface area contributed by atoms with E-state index in [-0.39, 0.29) is 0 Å². The standard InChI is InChI=1S/C12H21NO/c1-8(12(2)5-6-12)13-10-7-9-3-4-11(10)14-9/h8-11,13H,3-7H2,1-2H3/t8?,9?,10-,11?/m0/s1. The Balaban J connectivity index is 1.57. The van der Waals surface area contributed by atoms with E-state index in [1.165, 1.54) is 32.1 Å². The molecule has 0 amide bonds. The number of hydrogen-bond donors (Lipinski definition) is 1. The van der Waals surface area contributed by atoms with Gasteiger partial charge < -0.3 is 10.1 Å². The molecule has 3 unspecified atom stereocenters. The Labute approximate surface area is 86.4 Å². The third kappa shape index (κ3) is 1.40. The summed E-state index contributed by atoms with van der Waals surface area (Å²) in [5, 5.41) is 3.79. The minimum Gasteiger partial charge on any atom is -0.373 e. The molecule has 80 valence electrons. The van der Waals surface area contributed by atoms with Gasteiger partial charge in [-0.1, -0.05) is 6.92 Å². The van der Waals surface area contributed by atoms with Gasteiger partial charge in [0.1, 0.15) is 0 Å². The Morgan fingerprint density at radius 2 is 2.14 bits per heavy atom. The SMILES string of the molecule is CC(N[C@H]1CC2CCC1O2)C1(C)CC1. The van der Waals surface area contributed by atoms with Crippen LogP contribution < -0.4 is 5.32 Å². The van der Waals surface area contributed by atoms with Crippen LogP contribution in [0.2, 0.25) is 0 Å².